The van der Waals surface area contributed by atoms with Gasteiger partial charge in [0.05, 0.1) is 16.4 Å². The van der Waals surface area contributed by atoms with Crippen LogP contribution in [0.5, 0.6) is 5.75 Å². The Bertz CT molecular complexity index is 823. The molecule has 0 radical (unpaired) electrons. The van der Waals surface area contributed by atoms with Gasteiger partial charge < -0.3 is 19.9 Å². The smallest absolute Gasteiger partial charge is 0.265 e. The molecule has 3 rings (SSSR count). The number of halogens is 2. The fourth-order valence-corrected chi connectivity index (χ4v) is 3.66. The second-order valence-electron chi connectivity index (χ2n) is 6.76. The van der Waals surface area contributed by atoms with Gasteiger partial charge in [0, 0.05) is 31.2 Å². The van der Waals surface area contributed by atoms with Crippen LogP contribution in [0.3, 0.4) is 0 Å². The van der Waals surface area contributed by atoms with Gasteiger partial charge in [0.25, 0.3) is 5.91 Å². The third-order valence-corrected chi connectivity index (χ3v) is 5.42. The standard InChI is InChI=1S/C21H25Cl2N3O2/c1-3-25-10-12-26(13-11-25)19-7-5-4-6-18(19)24-21(27)15(2)28-20-9-8-16(22)14-17(20)23/h4-9,14-15H,3,10-13H2,1-2H3,(H,24,27). The molecule has 0 aromatic heterocycles. The quantitative estimate of drug-likeness (QED) is 0.743. The summed E-state index contributed by atoms with van der Waals surface area (Å²) in [5.74, 6) is 0.198. The number of amides is 1. The first kappa shape index (κ1) is 20.8. The molecule has 1 amide bonds. The maximum Gasteiger partial charge on any atom is 0.265 e. The zero-order valence-corrected chi connectivity index (χ0v) is 17.6. The molecular weight excluding hydrogens is 397 g/mol. The molecule has 1 aliphatic rings. The van der Waals surface area contributed by atoms with Gasteiger partial charge in [-0.2, -0.15) is 0 Å². The molecule has 0 saturated carbocycles. The van der Waals surface area contributed by atoms with Crippen molar-refractivity contribution in [2.24, 2.45) is 0 Å². The molecule has 0 bridgehead atoms. The molecule has 1 N–H and O–H groups in total. The molecule has 2 aromatic rings. The SMILES string of the molecule is CCN1CCN(c2ccccc2NC(=O)C(C)Oc2ccc(Cl)cc2Cl)CC1. The Balaban J connectivity index is 1.67. The van der Waals surface area contributed by atoms with E-state index >= 15 is 0 Å². The first-order valence-corrected chi connectivity index (χ1v) is 10.2. The van der Waals surface area contributed by atoms with Crippen molar-refractivity contribution in [1.82, 2.24) is 4.90 Å². The van der Waals surface area contributed by atoms with Crippen LogP contribution in [0.15, 0.2) is 42.5 Å². The van der Waals surface area contributed by atoms with Crippen LogP contribution < -0.4 is 15.0 Å². The largest absolute Gasteiger partial charge is 0.479 e. The van der Waals surface area contributed by atoms with Crippen molar-refractivity contribution in [3.05, 3.63) is 52.5 Å². The molecule has 7 heteroatoms. The molecule has 0 aliphatic carbocycles. The Morgan fingerprint density at radius 3 is 2.54 bits per heavy atom. The van der Waals surface area contributed by atoms with Gasteiger partial charge in [-0.1, -0.05) is 42.3 Å². The number of carbonyl (C=O) groups is 1. The molecule has 1 aliphatic heterocycles. The summed E-state index contributed by atoms with van der Waals surface area (Å²) in [6.07, 6.45) is -0.705. The molecule has 150 valence electrons. The number of piperazine rings is 1. The van der Waals surface area contributed by atoms with E-state index in [0.29, 0.717) is 15.8 Å². The van der Waals surface area contributed by atoms with Gasteiger partial charge >= 0.3 is 0 Å². The maximum atomic E-state index is 12.7. The Labute approximate surface area is 176 Å². The van der Waals surface area contributed by atoms with Crippen molar-refractivity contribution in [3.63, 3.8) is 0 Å². The van der Waals surface area contributed by atoms with Gasteiger partial charge in [-0.05, 0) is 43.8 Å². The number of hydrogen-bond donors (Lipinski definition) is 1. The van der Waals surface area contributed by atoms with Gasteiger partial charge in [0.15, 0.2) is 6.10 Å². The van der Waals surface area contributed by atoms with Gasteiger partial charge in [-0.15, -0.1) is 0 Å². The highest BCUT2D eigenvalue weighted by Gasteiger charge is 2.21. The van der Waals surface area contributed by atoms with Crippen LogP contribution in [0.25, 0.3) is 0 Å². The minimum Gasteiger partial charge on any atom is -0.479 e. The lowest BCUT2D eigenvalue weighted by Gasteiger charge is -2.36. The van der Waals surface area contributed by atoms with Crippen LogP contribution in [0.2, 0.25) is 10.0 Å². The average molecular weight is 422 g/mol. The summed E-state index contributed by atoms with van der Waals surface area (Å²) in [6.45, 7) is 8.86. The molecule has 5 nitrogen and oxygen atoms in total. The van der Waals surface area contributed by atoms with E-state index in [1.807, 2.05) is 24.3 Å². The molecule has 1 unspecified atom stereocenters. The summed E-state index contributed by atoms with van der Waals surface area (Å²) < 4.78 is 5.73. The number of benzene rings is 2. The monoisotopic (exact) mass is 421 g/mol. The van der Waals surface area contributed by atoms with E-state index in [2.05, 4.69) is 22.0 Å². The summed E-state index contributed by atoms with van der Waals surface area (Å²) in [5.41, 5.74) is 1.82. The van der Waals surface area contributed by atoms with Crippen molar-refractivity contribution < 1.29 is 9.53 Å². The molecule has 1 atom stereocenters. The summed E-state index contributed by atoms with van der Waals surface area (Å²) >= 11 is 12.0. The third kappa shape index (κ3) is 5.10. The lowest BCUT2D eigenvalue weighted by atomic mass is 10.2. The van der Waals surface area contributed by atoms with E-state index in [0.717, 1.165) is 44.1 Å². The molecule has 1 fully saturated rings. The minimum atomic E-state index is -0.705. The molecule has 2 aromatic carbocycles. The van der Waals surface area contributed by atoms with Crippen LogP contribution in [-0.4, -0.2) is 49.6 Å². The number of ether oxygens (including phenoxy) is 1. The predicted molar refractivity (Wildman–Crippen MR) is 116 cm³/mol. The Morgan fingerprint density at radius 1 is 1.14 bits per heavy atom. The lowest BCUT2D eigenvalue weighted by molar-refractivity contribution is -0.122. The van der Waals surface area contributed by atoms with Crippen molar-refractivity contribution in [2.45, 2.75) is 20.0 Å². The van der Waals surface area contributed by atoms with Gasteiger partial charge in [0.1, 0.15) is 5.75 Å². The highest BCUT2D eigenvalue weighted by molar-refractivity contribution is 6.35. The first-order chi connectivity index (χ1) is 13.5. The van der Waals surface area contributed by atoms with Gasteiger partial charge in [-0.25, -0.2) is 0 Å². The topological polar surface area (TPSA) is 44.8 Å². The number of para-hydroxylation sites is 2. The number of anilines is 2. The summed E-state index contributed by atoms with van der Waals surface area (Å²) in [4.78, 5) is 17.4. The van der Waals surface area contributed by atoms with E-state index in [-0.39, 0.29) is 5.91 Å². The minimum absolute atomic E-state index is 0.231. The highest BCUT2D eigenvalue weighted by Crippen LogP contribution is 2.29. The number of carbonyl (C=O) groups excluding carboxylic acids is 1. The van der Waals surface area contributed by atoms with E-state index in [4.69, 9.17) is 27.9 Å². The molecule has 28 heavy (non-hydrogen) atoms. The summed E-state index contributed by atoms with van der Waals surface area (Å²) in [5, 5.41) is 3.89. The number of rotatable bonds is 6. The zero-order valence-electron chi connectivity index (χ0n) is 16.1. The van der Waals surface area contributed by atoms with E-state index in [1.54, 1.807) is 25.1 Å². The first-order valence-electron chi connectivity index (χ1n) is 9.47. The second kappa shape index (κ2) is 9.50. The van der Waals surface area contributed by atoms with Gasteiger partial charge in [-0.3, -0.25) is 4.79 Å². The van der Waals surface area contributed by atoms with Crippen molar-refractivity contribution in [3.8, 4) is 5.75 Å². The summed E-state index contributed by atoms with van der Waals surface area (Å²) in [6, 6.07) is 12.8. The zero-order chi connectivity index (χ0) is 20.1. The molecule has 1 saturated heterocycles. The number of nitrogens with one attached hydrogen (secondary N) is 1. The van der Waals surface area contributed by atoms with E-state index in [9.17, 15) is 4.79 Å². The third-order valence-electron chi connectivity index (χ3n) is 4.89. The van der Waals surface area contributed by atoms with Gasteiger partial charge in [0.2, 0.25) is 0 Å². The number of nitrogens with zero attached hydrogens (tertiary/aromatic N) is 2. The maximum absolute atomic E-state index is 12.7. The van der Waals surface area contributed by atoms with Crippen molar-refractivity contribution in [1.29, 1.82) is 0 Å². The lowest BCUT2D eigenvalue weighted by Crippen LogP contribution is -2.46. The Kier molecular flexibility index (Phi) is 7.05. The van der Waals surface area contributed by atoms with Crippen LogP contribution in [-0.2, 0) is 4.79 Å². The van der Waals surface area contributed by atoms with Crippen molar-refractivity contribution in [2.75, 3.05) is 42.9 Å². The predicted octanol–water partition coefficient (Wildman–Crippen LogP) is 4.54. The Hall–Kier alpha value is -1.95. The fraction of sp³-hybridized carbons (Fsp3) is 0.381. The fourth-order valence-electron chi connectivity index (χ4n) is 3.21. The second-order valence-corrected chi connectivity index (χ2v) is 7.61. The normalized spacial score (nSPS) is 15.9. The Morgan fingerprint density at radius 2 is 1.86 bits per heavy atom. The molecule has 0 spiro atoms. The highest BCUT2D eigenvalue weighted by atomic mass is 35.5. The van der Waals surface area contributed by atoms with Crippen molar-refractivity contribution >= 4 is 40.5 Å². The van der Waals surface area contributed by atoms with Crippen LogP contribution in [0.4, 0.5) is 11.4 Å². The average Bonchev–Trinajstić information content (AvgIpc) is 2.70. The van der Waals surface area contributed by atoms with Crippen LogP contribution in [0.1, 0.15) is 13.8 Å². The van der Waals surface area contributed by atoms with E-state index < -0.39 is 6.10 Å². The van der Waals surface area contributed by atoms with E-state index in [1.165, 1.54) is 0 Å². The number of likely N-dealkylation sites (N-methyl/N-ethyl adjacent to an activating group) is 1. The number of hydrogen-bond acceptors (Lipinski definition) is 4. The molecular formula is C21H25Cl2N3O2. The van der Waals surface area contributed by atoms with Crippen LogP contribution >= 0.6 is 23.2 Å². The van der Waals surface area contributed by atoms with Crippen LogP contribution in [0, 0.1) is 0 Å². The molecule has 1 heterocycles. The summed E-state index contributed by atoms with van der Waals surface area (Å²) in [7, 11) is 0.